The zero-order valence-electron chi connectivity index (χ0n) is 20.5. The molecule has 0 N–H and O–H groups in total. The van der Waals surface area contributed by atoms with E-state index in [0.717, 1.165) is 17.5 Å². The molecule has 0 bridgehead atoms. The summed E-state index contributed by atoms with van der Waals surface area (Å²) in [6.45, 7) is 5.62. The van der Waals surface area contributed by atoms with E-state index in [0.29, 0.717) is 0 Å². The van der Waals surface area contributed by atoms with Gasteiger partial charge in [0.2, 0.25) is 0 Å². The first kappa shape index (κ1) is 24.8. The molecule has 0 saturated carbocycles. The minimum absolute atomic E-state index is 0.240. The predicted molar refractivity (Wildman–Crippen MR) is 139 cm³/mol. The maximum atomic E-state index is 11.2. The predicted octanol–water partition coefficient (Wildman–Crippen LogP) is 8.94. The van der Waals surface area contributed by atoms with Crippen LogP contribution in [0, 0.1) is 0 Å². The first-order chi connectivity index (χ1) is 16.1. The van der Waals surface area contributed by atoms with Crippen LogP contribution in [0.15, 0.2) is 72.8 Å². The minimum Gasteiger partial charge on any atom is -0.458 e. The molecule has 3 aromatic rings. The van der Waals surface area contributed by atoms with E-state index in [1.54, 1.807) is 0 Å². The number of carbonyl (C=O) groups excluding carboxylic acids is 1. The molecule has 2 nitrogen and oxygen atoms in total. The zero-order valence-corrected chi connectivity index (χ0v) is 20.5. The molecule has 1 unspecified atom stereocenters. The molecule has 0 aromatic heterocycles. The van der Waals surface area contributed by atoms with Crippen LogP contribution in [-0.4, -0.2) is 5.97 Å². The standard InChI is InChI=1S/C31H38O2/c1-4-5-6-7-8-9-10-13-26-16-18-28(19-17-26)30-14-11-12-15-31(30)29-22-20-27(21-23-29)24(2)33-25(3)32/h11-12,14-24H,4-10,13H2,1-3H3. The Kier molecular flexibility index (Phi) is 9.75. The molecule has 0 amide bonds. The van der Waals surface area contributed by atoms with Gasteiger partial charge in [0.05, 0.1) is 0 Å². The lowest BCUT2D eigenvalue weighted by Gasteiger charge is -2.14. The monoisotopic (exact) mass is 442 g/mol. The van der Waals surface area contributed by atoms with Gasteiger partial charge in [-0.15, -0.1) is 0 Å². The molecule has 0 saturated heterocycles. The summed E-state index contributed by atoms with van der Waals surface area (Å²) in [6, 6.07) is 26.0. The van der Waals surface area contributed by atoms with Crippen molar-refractivity contribution in [3.8, 4) is 22.3 Å². The van der Waals surface area contributed by atoms with Crippen molar-refractivity contribution in [3.05, 3.63) is 83.9 Å². The number of rotatable bonds is 12. The smallest absolute Gasteiger partial charge is 0.303 e. The average Bonchev–Trinajstić information content (AvgIpc) is 2.83. The molecule has 1 atom stereocenters. The maximum absolute atomic E-state index is 11.2. The fourth-order valence-electron chi connectivity index (χ4n) is 4.37. The first-order valence-corrected chi connectivity index (χ1v) is 12.5. The van der Waals surface area contributed by atoms with E-state index in [1.807, 2.05) is 19.1 Å². The molecule has 0 aliphatic heterocycles. The summed E-state index contributed by atoms with van der Waals surface area (Å²) in [6.07, 6.45) is 10.4. The van der Waals surface area contributed by atoms with Gasteiger partial charge in [-0.3, -0.25) is 4.79 Å². The number of hydrogen-bond acceptors (Lipinski definition) is 2. The number of unbranched alkanes of at least 4 members (excludes halogenated alkanes) is 6. The number of hydrogen-bond donors (Lipinski definition) is 0. The second-order valence-corrected chi connectivity index (χ2v) is 8.99. The van der Waals surface area contributed by atoms with Gasteiger partial charge in [0.1, 0.15) is 6.10 Å². The van der Waals surface area contributed by atoms with Gasteiger partial charge in [0.25, 0.3) is 0 Å². The lowest BCUT2D eigenvalue weighted by molar-refractivity contribution is -0.145. The molecule has 0 spiro atoms. The van der Waals surface area contributed by atoms with Crippen LogP contribution in [0.4, 0.5) is 0 Å². The average molecular weight is 443 g/mol. The normalized spacial score (nSPS) is 11.8. The molecule has 0 aliphatic rings. The molecule has 0 fully saturated rings. The molecule has 0 heterocycles. The number of aryl methyl sites for hydroxylation is 1. The number of carbonyl (C=O) groups is 1. The van der Waals surface area contributed by atoms with Crippen LogP contribution in [0.2, 0.25) is 0 Å². The van der Waals surface area contributed by atoms with Gasteiger partial charge in [0, 0.05) is 6.92 Å². The van der Waals surface area contributed by atoms with Crippen LogP contribution in [0.25, 0.3) is 22.3 Å². The molecule has 0 radical (unpaired) electrons. The van der Waals surface area contributed by atoms with Crippen LogP contribution >= 0.6 is 0 Å². The van der Waals surface area contributed by atoms with Crippen LogP contribution in [0.1, 0.15) is 82.9 Å². The van der Waals surface area contributed by atoms with Crippen molar-refractivity contribution in [2.24, 2.45) is 0 Å². The van der Waals surface area contributed by atoms with E-state index in [2.05, 4.69) is 67.6 Å². The zero-order chi connectivity index (χ0) is 23.5. The Morgan fingerprint density at radius 3 is 1.79 bits per heavy atom. The van der Waals surface area contributed by atoms with Crippen LogP contribution in [0.5, 0.6) is 0 Å². The lowest BCUT2D eigenvalue weighted by Crippen LogP contribution is -2.04. The fraction of sp³-hybridized carbons (Fsp3) is 0.387. The van der Waals surface area contributed by atoms with Crippen molar-refractivity contribution in [3.63, 3.8) is 0 Å². The van der Waals surface area contributed by atoms with E-state index in [1.165, 1.54) is 74.1 Å². The Bertz CT molecular complexity index is 986. The highest BCUT2D eigenvalue weighted by molar-refractivity contribution is 5.83. The summed E-state index contributed by atoms with van der Waals surface area (Å²) in [5, 5.41) is 0. The SMILES string of the molecule is CCCCCCCCCc1ccc(-c2ccccc2-c2ccc(C(C)OC(C)=O)cc2)cc1. The van der Waals surface area contributed by atoms with Gasteiger partial charge >= 0.3 is 5.97 Å². The fourth-order valence-corrected chi connectivity index (χ4v) is 4.37. The van der Waals surface area contributed by atoms with E-state index >= 15 is 0 Å². The van der Waals surface area contributed by atoms with E-state index < -0.39 is 0 Å². The largest absolute Gasteiger partial charge is 0.458 e. The first-order valence-electron chi connectivity index (χ1n) is 12.5. The molecule has 0 aliphatic carbocycles. The van der Waals surface area contributed by atoms with Gasteiger partial charge in [-0.05, 0) is 53.1 Å². The molecule has 174 valence electrons. The van der Waals surface area contributed by atoms with E-state index in [4.69, 9.17) is 4.74 Å². The van der Waals surface area contributed by atoms with Crippen molar-refractivity contribution < 1.29 is 9.53 Å². The van der Waals surface area contributed by atoms with Crippen molar-refractivity contribution >= 4 is 5.97 Å². The topological polar surface area (TPSA) is 26.3 Å². The maximum Gasteiger partial charge on any atom is 0.303 e. The third-order valence-corrected chi connectivity index (χ3v) is 6.29. The third kappa shape index (κ3) is 7.60. The Hall–Kier alpha value is -2.87. The second-order valence-electron chi connectivity index (χ2n) is 8.99. The van der Waals surface area contributed by atoms with Crippen molar-refractivity contribution in [1.82, 2.24) is 0 Å². The van der Waals surface area contributed by atoms with Crippen LogP contribution in [-0.2, 0) is 16.0 Å². The second kappa shape index (κ2) is 13.0. The summed E-state index contributed by atoms with van der Waals surface area (Å²) < 4.78 is 5.30. The molecule has 33 heavy (non-hydrogen) atoms. The quantitative estimate of drug-likeness (QED) is 0.207. The third-order valence-electron chi connectivity index (χ3n) is 6.29. The lowest BCUT2D eigenvalue weighted by atomic mass is 9.93. The molecule has 3 aromatic carbocycles. The molecule has 2 heteroatoms. The van der Waals surface area contributed by atoms with Gasteiger partial charge in [-0.1, -0.05) is 118 Å². The van der Waals surface area contributed by atoms with E-state index in [-0.39, 0.29) is 12.1 Å². The van der Waals surface area contributed by atoms with Gasteiger partial charge < -0.3 is 4.74 Å². The Morgan fingerprint density at radius 1 is 0.727 bits per heavy atom. The molecular formula is C31H38O2. The Morgan fingerprint density at radius 2 is 1.24 bits per heavy atom. The highest BCUT2D eigenvalue weighted by Crippen LogP contribution is 2.33. The summed E-state index contributed by atoms with van der Waals surface area (Å²) in [7, 11) is 0. The highest BCUT2D eigenvalue weighted by Gasteiger charge is 2.11. The number of esters is 1. The summed E-state index contributed by atoms with van der Waals surface area (Å²) >= 11 is 0. The molecule has 3 rings (SSSR count). The Balaban J connectivity index is 1.65. The summed E-state index contributed by atoms with van der Waals surface area (Å²) in [5.74, 6) is -0.257. The van der Waals surface area contributed by atoms with Crippen LogP contribution in [0.3, 0.4) is 0 Å². The van der Waals surface area contributed by atoms with Crippen molar-refractivity contribution in [1.29, 1.82) is 0 Å². The van der Waals surface area contributed by atoms with Crippen LogP contribution < -0.4 is 0 Å². The van der Waals surface area contributed by atoms with E-state index in [9.17, 15) is 4.79 Å². The summed E-state index contributed by atoms with van der Waals surface area (Å²) in [5.41, 5.74) is 7.28. The van der Waals surface area contributed by atoms with Gasteiger partial charge in [0.15, 0.2) is 0 Å². The highest BCUT2D eigenvalue weighted by atomic mass is 16.5. The van der Waals surface area contributed by atoms with Crippen molar-refractivity contribution in [2.45, 2.75) is 78.2 Å². The number of benzene rings is 3. The number of ether oxygens (including phenoxy) is 1. The minimum atomic E-state index is -0.257. The summed E-state index contributed by atoms with van der Waals surface area (Å²) in [4.78, 5) is 11.2. The Labute approximate surface area is 200 Å². The van der Waals surface area contributed by atoms with Gasteiger partial charge in [-0.25, -0.2) is 0 Å². The molecular weight excluding hydrogens is 404 g/mol. The van der Waals surface area contributed by atoms with Crippen molar-refractivity contribution in [2.75, 3.05) is 0 Å². The van der Waals surface area contributed by atoms with Gasteiger partial charge in [-0.2, -0.15) is 0 Å².